The number of aromatic nitrogens is 2. The maximum Gasteiger partial charge on any atom is 0.270 e. The van der Waals surface area contributed by atoms with Gasteiger partial charge in [-0.1, -0.05) is 13.0 Å². The maximum absolute atomic E-state index is 12.6. The standard InChI is InChI=1S/C18H23N5O3/c1-2-17-19-6-7-21(17)11-8-20-9-12-22(13-10-20)18(24)15-4-3-5-16(14-15)23(25)26/h3-7,14H,2,8-13H2,1H3. The summed E-state index contributed by atoms with van der Waals surface area (Å²) in [6.45, 7) is 6.77. The van der Waals surface area contributed by atoms with E-state index >= 15 is 0 Å². The summed E-state index contributed by atoms with van der Waals surface area (Å²) in [5.74, 6) is 0.945. The van der Waals surface area contributed by atoms with E-state index in [0.29, 0.717) is 18.7 Å². The van der Waals surface area contributed by atoms with Crippen LogP contribution in [0.3, 0.4) is 0 Å². The number of carbonyl (C=O) groups is 1. The summed E-state index contributed by atoms with van der Waals surface area (Å²) in [6, 6.07) is 5.93. The second-order valence-electron chi connectivity index (χ2n) is 6.33. The van der Waals surface area contributed by atoms with Gasteiger partial charge in [-0.05, 0) is 6.07 Å². The molecule has 0 saturated carbocycles. The average Bonchev–Trinajstić information content (AvgIpc) is 3.14. The van der Waals surface area contributed by atoms with E-state index in [0.717, 1.165) is 38.4 Å². The van der Waals surface area contributed by atoms with Gasteiger partial charge in [0.15, 0.2) is 0 Å². The molecule has 2 heterocycles. The van der Waals surface area contributed by atoms with E-state index in [4.69, 9.17) is 0 Å². The molecule has 0 radical (unpaired) electrons. The number of non-ortho nitro benzene ring substituents is 1. The zero-order valence-electron chi connectivity index (χ0n) is 14.9. The van der Waals surface area contributed by atoms with E-state index in [2.05, 4.69) is 21.4 Å². The van der Waals surface area contributed by atoms with Crippen LogP contribution in [0.4, 0.5) is 5.69 Å². The molecule has 1 amide bonds. The highest BCUT2D eigenvalue weighted by molar-refractivity contribution is 5.94. The molecule has 26 heavy (non-hydrogen) atoms. The van der Waals surface area contributed by atoms with Gasteiger partial charge in [0.25, 0.3) is 11.6 Å². The number of aryl methyl sites for hydroxylation is 1. The van der Waals surface area contributed by atoms with Gasteiger partial charge in [-0.3, -0.25) is 19.8 Å². The van der Waals surface area contributed by atoms with Crippen LogP contribution in [0.2, 0.25) is 0 Å². The van der Waals surface area contributed by atoms with Gasteiger partial charge in [0.2, 0.25) is 0 Å². The number of rotatable bonds is 6. The molecule has 3 rings (SSSR count). The highest BCUT2D eigenvalue weighted by atomic mass is 16.6. The predicted molar refractivity (Wildman–Crippen MR) is 97.0 cm³/mol. The van der Waals surface area contributed by atoms with Crippen LogP contribution in [-0.2, 0) is 13.0 Å². The summed E-state index contributed by atoms with van der Waals surface area (Å²) in [4.78, 5) is 31.4. The highest BCUT2D eigenvalue weighted by Crippen LogP contribution is 2.16. The Morgan fingerprint density at radius 1 is 1.23 bits per heavy atom. The molecule has 0 unspecified atom stereocenters. The first kappa shape index (κ1) is 18.1. The minimum atomic E-state index is -0.477. The normalized spacial score (nSPS) is 15.2. The number of nitro groups is 1. The Kier molecular flexibility index (Phi) is 5.62. The van der Waals surface area contributed by atoms with Crippen LogP contribution in [0.25, 0.3) is 0 Å². The van der Waals surface area contributed by atoms with Crippen molar-refractivity contribution in [1.82, 2.24) is 19.4 Å². The number of imidazole rings is 1. The molecule has 1 aliphatic rings. The third kappa shape index (κ3) is 4.08. The van der Waals surface area contributed by atoms with Gasteiger partial charge in [-0.25, -0.2) is 4.98 Å². The number of nitro benzene ring substituents is 1. The van der Waals surface area contributed by atoms with Gasteiger partial charge in [-0.2, -0.15) is 0 Å². The molecule has 0 bridgehead atoms. The Bertz CT molecular complexity index is 781. The molecule has 1 aromatic heterocycles. The zero-order chi connectivity index (χ0) is 18.5. The first-order chi connectivity index (χ1) is 12.6. The monoisotopic (exact) mass is 357 g/mol. The fourth-order valence-electron chi connectivity index (χ4n) is 3.22. The summed E-state index contributed by atoms with van der Waals surface area (Å²) in [6.07, 6.45) is 4.74. The number of hydrogen-bond acceptors (Lipinski definition) is 5. The van der Waals surface area contributed by atoms with Gasteiger partial charge < -0.3 is 9.47 Å². The Balaban J connectivity index is 1.52. The molecule has 1 saturated heterocycles. The van der Waals surface area contributed by atoms with Crippen molar-refractivity contribution in [3.05, 3.63) is 58.2 Å². The lowest BCUT2D eigenvalue weighted by atomic mass is 10.1. The topological polar surface area (TPSA) is 84.5 Å². The summed E-state index contributed by atoms with van der Waals surface area (Å²) < 4.78 is 2.17. The van der Waals surface area contributed by atoms with Crippen molar-refractivity contribution in [3.63, 3.8) is 0 Å². The van der Waals surface area contributed by atoms with Crippen LogP contribution in [-0.4, -0.2) is 62.9 Å². The van der Waals surface area contributed by atoms with E-state index in [9.17, 15) is 14.9 Å². The van der Waals surface area contributed by atoms with Crippen LogP contribution in [0.15, 0.2) is 36.7 Å². The quantitative estimate of drug-likeness (QED) is 0.581. The number of hydrogen-bond donors (Lipinski definition) is 0. The summed E-state index contributed by atoms with van der Waals surface area (Å²) in [7, 11) is 0. The first-order valence-corrected chi connectivity index (χ1v) is 8.84. The third-order valence-corrected chi connectivity index (χ3v) is 4.74. The molecule has 1 aromatic carbocycles. The minimum Gasteiger partial charge on any atom is -0.336 e. The molecule has 138 valence electrons. The molecular formula is C18H23N5O3. The number of benzene rings is 1. The molecule has 8 heteroatoms. The molecular weight excluding hydrogens is 334 g/mol. The van der Waals surface area contributed by atoms with Gasteiger partial charge in [-0.15, -0.1) is 0 Å². The van der Waals surface area contributed by atoms with Gasteiger partial charge in [0.1, 0.15) is 5.82 Å². The zero-order valence-corrected chi connectivity index (χ0v) is 14.9. The lowest BCUT2D eigenvalue weighted by Crippen LogP contribution is -2.49. The number of nitrogens with zero attached hydrogens (tertiary/aromatic N) is 5. The third-order valence-electron chi connectivity index (χ3n) is 4.74. The lowest BCUT2D eigenvalue weighted by Gasteiger charge is -2.34. The smallest absolute Gasteiger partial charge is 0.270 e. The van der Waals surface area contributed by atoms with Crippen molar-refractivity contribution in [2.24, 2.45) is 0 Å². The second kappa shape index (κ2) is 8.09. The van der Waals surface area contributed by atoms with E-state index in [1.54, 1.807) is 17.0 Å². The van der Waals surface area contributed by atoms with E-state index < -0.39 is 4.92 Å². The van der Waals surface area contributed by atoms with Gasteiger partial charge >= 0.3 is 0 Å². The van der Waals surface area contributed by atoms with Crippen molar-refractivity contribution in [3.8, 4) is 0 Å². The van der Waals surface area contributed by atoms with Crippen molar-refractivity contribution in [1.29, 1.82) is 0 Å². The fraction of sp³-hybridized carbons (Fsp3) is 0.444. The van der Waals surface area contributed by atoms with Crippen molar-refractivity contribution in [2.75, 3.05) is 32.7 Å². The molecule has 0 spiro atoms. The summed E-state index contributed by atoms with van der Waals surface area (Å²) in [5.41, 5.74) is 0.320. The molecule has 0 N–H and O–H groups in total. The SMILES string of the molecule is CCc1nccn1CCN1CCN(C(=O)c2cccc([N+](=O)[O-])c2)CC1. The predicted octanol–water partition coefficient (Wildman–Crippen LogP) is 1.81. The van der Waals surface area contributed by atoms with Crippen LogP contribution in [0.5, 0.6) is 0 Å². The van der Waals surface area contributed by atoms with E-state index in [1.807, 2.05) is 12.4 Å². The van der Waals surface area contributed by atoms with Gasteiger partial charge in [0.05, 0.1) is 4.92 Å². The molecule has 2 aromatic rings. The first-order valence-electron chi connectivity index (χ1n) is 8.84. The largest absolute Gasteiger partial charge is 0.336 e. The molecule has 8 nitrogen and oxygen atoms in total. The van der Waals surface area contributed by atoms with Crippen LogP contribution < -0.4 is 0 Å². The summed E-state index contributed by atoms with van der Waals surface area (Å²) >= 11 is 0. The van der Waals surface area contributed by atoms with Gasteiger partial charge in [0, 0.05) is 75.8 Å². The van der Waals surface area contributed by atoms with Crippen LogP contribution in [0, 0.1) is 10.1 Å². The Morgan fingerprint density at radius 2 is 2.00 bits per heavy atom. The van der Waals surface area contributed by atoms with Crippen molar-refractivity contribution < 1.29 is 9.72 Å². The number of amides is 1. The minimum absolute atomic E-state index is 0.0541. The van der Waals surface area contributed by atoms with Crippen LogP contribution >= 0.6 is 0 Å². The Labute approximate surface area is 152 Å². The fourth-order valence-corrected chi connectivity index (χ4v) is 3.22. The summed E-state index contributed by atoms with van der Waals surface area (Å²) in [5, 5.41) is 10.9. The highest BCUT2D eigenvalue weighted by Gasteiger charge is 2.23. The average molecular weight is 357 g/mol. The Hall–Kier alpha value is -2.74. The molecule has 1 fully saturated rings. The lowest BCUT2D eigenvalue weighted by molar-refractivity contribution is -0.384. The molecule has 0 aliphatic carbocycles. The molecule has 1 aliphatic heterocycles. The van der Waals surface area contributed by atoms with Crippen molar-refractivity contribution >= 4 is 11.6 Å². The van der Waals surface area contributed by atoms with E-state index in [-0.39, 0.29) is 11.6 Å². The number of carbonyl (C=O) groups excluding carboxylic acids is 1. The maximum atomic E-state index is 12.6. The Morgan fingerprint density at radius 3 is 2.69 bits per heavy atom. The van der Waals surface area contributed by atoms with E-state index in [1.165, 1.54) is 12.1 Å². The van der Waals surface area contributed by atoms with Crippen LogP contribution in [0.1, 0.15) is 23.1 Å². The van der Waals surface area contributed by atoms with Crippen molar-refractivity contribution in [2.45, 2.75) is 19.9 Å². The molecule has 0 atom stereocenters. The second-order valence-corrected chi connectivity index (χ2v) is 6.33. The number of piperazine rings is 1.